The van der Waals surface area contributed by atoms with Crippen molar-refractivity contribution in [3.63, 3.8) is 0 Å². The topological polar surface area (TPSA) is 88.3 Å². The van der Waals surface area contributed by atoms with E-state index in [0.29, 0.717) is 18.8 Å². The van der Waals surface area contributed by atoms with Crippen LogP contribution in [-0.4, -0.2) is 35.3 Å². The fourth-order valence-electron chi connectivity index (χ4n) is 3.25. The molecule has 1 saturated heterocycles. The van der Waals surface area contributed by atoms with Crippen molar-refractivity contribution < 1.29 is 14.3 Å². The minimum absolute atomic E-state index is 0.188. The number of hydrogen-bond donors (Lipinski definition) is 3. The number of carbonyl (C=O) groups is 1. The summed E-state index contributed by atoms with van der Waals surface area (Å²) in [5.74, 6) is 1.64. The van der Waals surface area contributed by atoms with Crippen LogP contribution < -0.4 is 15.4 Å². The number of aryl methyl sites for hydroxylation is 1. The average Bonchev–Trinajstić information content (AvgIpc) is 3.34. The van der Waals surface area contributed by atoms with Gasteiger partial charge < -0.3 is 25.1 Å². The van der Waals surface area contributed by atoms with Crippen LogP contribution in [0.3, 0.4) is 0 Å². The van der Waals surface area contributed by atoms with Crippen LogP contribution in [0.25, 0.3) is 11.0 Å². The van der Waals surface area contributed by atoms with Gasteiger partial charge in [-0.25, -0.2) is 9.78 Å². The molecule has 0 spiro atoms. The van der Waals surface area contributed by atoms with Gasteiger partial charge in [0, 0.05) is 18.8 Å². The molecule has 4 rings (SSSR count). The molecule has 7 heteroatoms. The fourth-order valence-corrected chi connectivity index (χ4v) is 3.25. The molecular weight excluding hydrogens is 356 g/mol. The highest BCUT2D eigenvalue weighted by Crippen LogP contribution is 2.18. The minimum Gasteiger partial charge on any atom is -0.491 e. The number of rotatable bonds is 6. The van der Waals surface area contributed by atoms with E-state index in [-0.39, 0.29) is 12.1 Å². The Bertz CT molecular complexity index is 946. The van der Waals surface area contributed by atoms with Crippen molar-refractivity contribution in [1.29, 1.82) is 0 Å². The maximum Gasteiger partial charge on any atom is 0.319 e. The smallest absolute Gasteiger partial charge is 0.319 e. The molecule has 1 aromatic heterocycles. The van der Waals surface area contributed by atoms with Crippen molar-refractivity contribution in [1.82, 2.24) is 15.3 Å². The van der Waals surface area contributed by atoms with Crippen LogP contribution in [-0.2, 0) is 11.3 Å². The van der Waals surface area contributed by atoms with E-state index in [1.165, 1.54) is 0 Å². The number of nitrogens with zero attached hydrogens (tertiary/aromatic N) is 1. The summed E-state index contributed by atoms with van der Waals surface area (Å²) in [6.07, 6.45) is 2.34. The lowest BCUT2D eigenvalue weighted by Gasteiger charge is -2.12. The zero-order valence-corrected chi connectivity index (χ0v) is 15.8. The first kappa shape index (κ1) is 18.3. The Morgan fingerprint density at radius 1 is 1.29 bits per heavy atom. The van der Waals surface area contributed by atoms with Crippen molar-refractivity contribution >= 4 is 22.8 Å². The van der Waals surface area contributed by atoms with Crippen LogP contribution in [0.2, 0.25) is 0 Å². The molecule has 3 aromatic rings. The third-order valence-electron chi connectivity index (χ3n) is 4.69. The average molecular weight is 380 g/mol. The summed E-state index contributed by atoms with van der Waals surface area (Å²) in [6, 6.07) is 13.0. The van der Waals surface area contributed by atoms with Gasteiger partial charge in [-0.2, -0.15) is 0 Å². The molecule has 2 amide bonds. The molecule has 2 heterocycles. The second kappa shape index (κ2) is 8.31. The first-order chi connectivity index (χ1) is 13.7. The highest BCUT2D eigenvalue weighted by Gasteiger charge is 2.15. The van der Waals surface area contributed by atoms with E-state index in [2.05, 4.69) is 20.6 Å². The van der Waals surface area contributed by atoms with E-state index in [9.17, 15) is 4.79 Å². The number of fused-ring (bicyclic) bond motifs is 1. The lowest BCUT2D eigenvalue weighted by molar-refractivity contribution is 0.0679. The van der Waals surface area contributed by atoms with E-state index >= 15 is 0 Å². The number of amides is 2. The number of ether oxygens (including phenoxy) is 2. The van der Waals surface area contributed by atoms with Crippen molar-refractivity contribution in [2.75, 3.05) is 18.5 Å². The number of aromatic amines is 1. The van der Waals surface area contributed by atoms with Gasteiger partial charge in [0.05, 0.1) is 17.1 Å². The second-order valence-electron chi connectivity index (χ2n) is 6.95. The lowest BCUT2D eigenvalue weighted by atomic mass is 10.2. The molecule has 0 bridgehead atoms. The number of anilines is 1. The van der Waals surface area contributed by atoms with Crippen LogP contribution in [0.4, 0.5) is 10.5 Å². The van der Waals surface area contributed by atoms with Crippen LogP contribution in [0.15, 0.2) is 42.5 Å². The van der Waals surface area contributed by atoms with Gasteiger partial charge in [0.1, 0.15) is 18.2 Å². The van der Waals surface area contributed by atoms with Gasteiger partial charge in [0.15, 0.2) is 0 Å². The molecule has 0 aliphatic carbocycles. The largest absolute Gasteiger partial charge is 0.491 e. The van der Waals surface area contributed by atoms with Crippen molar-refractivity contribution in [2.45, 2.75) is 32.4 Å². The predicted molar refractivity (Wildman–Crippen MR) is 108 cm³/mol. The van der Waals surface area contributed by atoms with E-state index < -0.39 is 0 Å². The molecular formula is C21H24N4O3. The van der Waals surface area contributed by atoms with Crippen LogP contribution in [0.1, 0.15) is 24.2 Å². The number of urea groups is 1. The summed E-state index contributed by atoms with van der Waals surface area (Å²) in [7, 11) is 0. The summed E-state index contributed by atoms with van der Waals surface area (Å²) in [4.78, 5) is 19.7. The number of carbonyl (C=O) groups excluding carboxylic acids is 1. The summed E-state index contributed by atoms with van der Waals surface area (Å²) >= 11 is 0. The van der Waals surface area contributed by atoms with Gasteiger partial charge in [-0.3, -0.25) is 0 Å². The van der Waals surface area contributed by atoms with Crippen molar-refractivity contribution in [3.8, 4) is 5.75 Å². The third kappa shape index (κ3) is 4.61. The molecule has 1 fully saturated rings. The van der Waals surface area contributed by atoms with Gasteiger partial charge in [-0.1, -0.05) is 6.07 Å². The zero-order chi connectivity index (χ0) is 19.3. The van der Waals surface area contributed by atoms with Gasteiger partial charge in [-0.05, 0) is 61.7 Å². The summed E-state index contributed by atoms with van der Waals surface area (Å²) in [5, 5.41) is 5.69. The van der Waals surface area contributed by atoms with Crippen LogP contribution >= 0.6 is 0 Å². The molecule has 3 N–H and O–H groups in total. The third-order valence-corrected chi connectivity index (χ3v) is 4.69. The number of hydrogen-bond acceptors (Lipinski definition) is 4. The fraction of sp³-hybridized carbons (Fsp3) is 0.333. The van der Waals surface area contributed by atoms with Crippen LogP contribution in [0, 0.1) is 6.92 Å². The maximum atomic E-state index is 12.1. The Hall–Kier alpha value is -3.06. The molecule has 0 saturated carbocycles. The quantitative estimate of drug-likeness (QED) is 0.608. The van der Waals surface area contributed by atoms with Gasteiger partial charge in [0.2, 0.25) is 0 Å². The highest BCUT2D eigenvalue weighted by atomic mass is 16.5. The zero-order valence-electron chi connectivity index (χ0n) is 15.8. The Labute approximate surface area is 163 Å². The van der Waals surface area contributed by atoms with E-state index in [4.69, 9.17) is 9.47 Å². The SMILES string of the molecule is Cc1nc2ccc(CNC(=O)Nc3ccc(OCC4CCCO4)cc3)cc2[nH]1. The molecule has 7 nitrogen and oxygen atoms in total. The molecule has 1 atom stereocenters. The normalized spacial score (nSPS) is 16.2. The molecule has 146 valence electrons. The number of benzene rings is 2. The molecule has 28 heavy (non-hydrogen) atoms. The Kier molecular flexibility index (Phi) is 5.43. The Morgan fingerprint density at radius 3 is 2.93 bits per heavy atom. The number of nitrogens with one attached hydrogen (secondary N) is 3. The molecule has 1 unspecified atom stereocenters. The van der Waals surface area contributed by atoms with Gasteiger partial charge in [-0.15, -0.1) is 0 Å². The van der Waals surface area contributed by atoms with Crippen molar-refractivity contribution in [2.24, 2.45) is 0 Å². The van der Waals surface area contributed by atoms with Gasteiger partial charge >= 0.3 is 6.03 Å². The Balaban J connectivity index is 1.25. The standard InChI is InChI=1S/C21H24N4O3/c1-14-23-19-9-4-15(11-20(19)24-14)12-22-21(26)25-16-5-7-17(8-6-16)28-13-18-3-2-10-27-18/h4-9,11,18H,2-3,10,12-13H2,1H3,(H,23,24)(H2,22,25,26). The maximum absolute atomic E-state index is 12.1. The molecule has 0 radical (unpaired) electrons. The number of H-pyrrole nitrogens is 1. The van der Waals surface area contributed by atoms with E-state index in [0.717, 1.165) is 47.6 Å². The van der Waals surface area contributed by atoms with E-state index in [1.54, 1.807) is 0 Å². The Morgan fingerprint density at radius 2 is 2.14 bits per heavy atom. The summed E-state index contributed by atoms with van der Waals surface area (Å²) < 4.78 is 11.3. The second-order valence-corrected chi connectivity index (χ2v) is 6.95. The first-order valence-electron chi connectivity index (χ1n) is 9.50. The molecule has 2 aromatic carbocycles. The number of imidazole rings is 1. The van der Waals surface area contributed by atoms with Gasteiger partial charge in [0.25, 0.3) is 0 Å². The monoisotopic (exact) mass is 380 g/mol. The first-order valence-corrected chi connectivity index (χ1v) is 9.50. The summed E-state index contributed by atoms with van der Waals surface area (Å²) in [5.41, 5.74) is 3.61. The molecule has 1 aliphatic heterocycles. The van der Waals surface area contributed by atoms with Crippen LogP contribution in [0.5, 0.6) is 5.75 Å². The highest BCUT2D eigenvalue weighted by molar-refractivity contribution is 5.89. The lowest BCUT2D eigenvalue weighted by Crippen LogP contribution is -2.28. The summed E-state index contributed by atoms with van der Waals surface area (Å²) in [6.45, 7) is 3.74. The number of aromatic nitrogens is 2. The van der Waals surface area contributed by atoms with E-state index in [1.807, 2.05) is 49.4 Å². The predicted octanol–water partition coefficient (Wildman–Crippen LogP) is 3.75. The molecule has 1 aliphatic rings. The van der Waals surface area contributed by atoms with Crippen molar-refractivity contribution in [3.05, 3.63) is 53.9 Å². The minimum atomic E-state index is -0.256.